The fourth-order valence-corrected chi connectivity index (χ4v) is 2.88. The van der Waals surface area contributed by atoms with E-state index in [4.69, 9.17) is 21.1 Å². The molecule has 0 spiro atoms. The Bertz CT molecular complexity index is 1090. The van der Waals surface area contributed by atoms with Crippen LogP contribution < -0.4 is 0 Å². The lowest BCUT2D eigenvalue weighted by atomic mass is 9.94. The van der Waals surface area contributed by atoms with Crippen LogP contribution in [0.2, 0.25) is 5.02 Å². The first-order valence-electron chi connectivity index (χ1n) is 8.08. The molecule has 0 radical (unpaired) electrons. The van der Waals surface area contributed by atoms with E-state index in [1.807, 2.05) is 0 Å². The quantitative estimate of drug-likeness (QED) is 0.627. The normalized spacial score (nSPS) is 15.9. The molecule has 0 unspecified atom stereocenters. The molecule has 0 fully saturated rings. The molecule has 0 bridgehead atoms. The summed E-state index contributed by atoms with van der Waals surface area (Å²) in [7, 11) is 0. The number of furan rings is 1. The Morgan fingerprint density at radius 2 is 1.89 bits per heavy atom. The summed E-state index contributed by atoms with van der Waals surface area (Å²) >= 11 is 5.87. The van der Waals surface area contributed by atoms with Crippen LogP contribution in [-0.4, -0.2) is 34.3 Å². The monoisotopic (exact) mass is 396 g/mol. The van der Waals surface area contributed by atoms with Gasteiger partial charge in [-0.1, -0.05) is 11.6 Å². The summed E-state index contributed by atoms with van der Waals surface area (Å²) in [6, 6.07) is 12.0. The number of imide groups is 1. The SMILES string of the molecule is CC1=C(C#N)C(=O)N(CC(=O)O)C(=O)/C1=C/c1ccc(-c2ccc(Cl)cc2)o1. The number of carboxylic acid groups (broad SMARTS) is 1. The van der Waals surface area contributed by atoms with E-state index in [0.717, 1.165) is 5.56 Å². The van der Waals surface area contributed by atoms with E-state index in [2.05, 4.69) is 0 Å². The number of aliphatic carboxylic acids is 1. The Hall–Kier alpha value is -3.63. The Morgan fingerprint density at radius 3 is 2.50 bits per heavy atom. The second-order valence-electron chi connectivity index (χ2n) is 5.97. The minimum absolute atomic E-state index is 0.0226. The predicted molar refractivity (Wildman–Crippen MR) is 99.8 cm³/mol. The molecule has 28 heavy (non-hydrogen) atoms. The summed E-state index contributed by atoms with van der Waals surface area (Å²) in [6.45, 7) is 0.628. The van der Waals surface area contributed by atoms with E-state index < -0.39 is 24.3 Å². The number of hydrogen-bond acceptors (Lipinski definition) is 5. The van der Waals surface area contributed by atoms with Crippen molar-refractivity contribution in [1.29, 1.82) is 5.26 Å². The molecule has 8 heteroatoms. The maximum atomic E-state index is 12.6. The van der Waals surface area contributed by atoms with Gasteiger partial charge in [-0.05, 0) is 55.0 Å². The fourth-order valence-electron chi connectivity index (χ4n) is 2.75. The summed E-state index contributed by atoms with van der Waals surface area (Å²) in [4.78, 5) is 36.4. The first-order valence-corrected chi connectivity index (χ1v) is 8.46. The predicted octanol–water partition coefficient (Wildman–Crippen LogP) is 3.28. The molecule has 1 N–H and O–H groups in total. The van der Waals surface area contributed by atoms with E-state index >= 15 is 0 Å². The molecule has 1 aliphatic rings. The Balaban J connectivity index is 2.02. The van der Waals surface area contributed by atoms with Gasteiger partial charge in [0.15, 0.2) is 0 Å². The topological polar surface area (TPSA) is 112 Å². The molecular weight excluding hydrogens is 384 g/mol. The van der Waals surface area contributed by atoms with Crippen LogP contribution in [0.4, 0.5) is 0 Å². The molecule has 1 aliphatic heterocycles. The minimum atomic E-state index is -1.36. The number of carboxylic acids is 1. The summed E-state index contributed by atoms with van der Waals surface area (Å²) in [5.74, 6) is -2.23. The second kappa shape index (κ2) is 7.55. The van der Waals surface area contributed by atoms with E-state index in [-0.39, 0.29) is 16.7 Å². The fraction of sp³-hybridized carbons (Fsp3) is 0.100. The lowest BCUT2D eigenvalue weighted by Gasteiger charge is -2.25. The third-order valence-electron chi connectivity index (χ3n) is 4.16. The van der Waals surface area contributed by atoms with Gasteiger partial charge in [-0.3, -0.25) is 19.3 Å². The smallest absolute Gasteiger partial charge is 0.323 e. The molecule has 2 aromatic rings. The van der Waals surface area contributed by atoms with Gasteiger partial charge in [0.25, 0.3) is 11.8 Å². The number of rotatable bonds is 4. The minimum Gasteiger partial charge on any atom is -0.480 e. The van der Waals surface area contributed by atoms with Gasteiger partial charge >= 0.3 is 5.97 Å². The number of halogens is 1. The van der Waals surface area contributed by atoms with Gasteiger partial charge in [0.05, 0.1) is 0 Å². The van der Waals surface area contributed by atoms with Gasteiger partial charge in [-0.2, -0.15) is 5.26 Å². The number of nitrogens with zero attached hydrogens (tertiary/aromatic N) is 2. The highest BCUT2D eigenvalue weighted by molar-refractivity contribution is 6.30. The van der Waals surface area contributed by atoms with Crippen LogP contribution in [0, 0.1) is 11.3 Å². The lowest BCUT2D eigenvalue weighted by Crippen LogP contribution is -2.45. The maximum absolute atomic E-state index is 12.6. The Morgan fingerprint density at radius 1 is 1.21 bits per heavy atom. The van der Waals surface area contributed by atoms with Crippen molar-refractivity contribution in [3.05, 3.63) is 63.9 Å². The molecule has 0 aliphatic carbocycles. The molecule has 1 aromatic carbocycles. The van der Waals surface area contributed by atoms with Crippen LogP contribution >= 0.6 is 11.6 Å². The van der Waals surface area contributed by atoms with Crippen LogP contribution in [-0.2, 0) is 14.4 Å². The van der Waals surface area contributed by atoms with Crippen molar-refractivity contribution < 1.29 is 23.9 Å². The van der Waals surface area contributed by atoms with Gasteiger partial charge in [-0.25, -0.2) is 0 Å². The maximum Gasteiger partial charge on any atom is 0.323 e. The highest BCUT2D eigenvalue weighted by atomic mass is 35.5. The molecule has 7 nitrogen and oxygen atoms in total. The van der Waals surface area contributed by atoms with Crippen molar-refractivity contribution in [3.63, 3.8) is 0 Å². The highest BCUT2D eigenvalue weighted by Crippen LogP contribution is 2.29. The molecule has 3 rings (SSSR count). The largest absolute Gasteiger partial charge is 0.480 e. The standard InChI is InChI=1S/C20H13ClN2O5/c1-11-15(19(26)23(10-18(24)25)20(27)16(11)9-22)8-14-6-7-17(28-14)12-2-4-13(21)5-3-12/h2-8H,10H2,1H3,(H,24,25)/b15-8+. The molecule has 2 heterocycles. The molecular formula is C20H13ClN2O5. The molecule has 0 saturated carbocycles. The number of carbonyl (C=O) groups excluding carboxylic acids is 2. The van der Waals surface area contributed by atoms with Crippen LogP contribution in [0.25, 0.3) is 17.4 Å². The Kier molecular flexibility index (Phi) is 5.16. The highest BCUT2D eigenvalue weighted by Gasteiger charge is 2.36. The van der Waals surface area contributed by atoms with Crippen molar-refractivity contribution in [2.24, 2.45) is 0 Å². The second-order valence-corrected chi connectivity index (χ2v) is 6.41. The van der Waals surface area contributed by atoms with Gasteiger partial charge in [0.2, 0.25) is 0 Å². The summed E-state index contributed by atoms with van der Waals surface area (Å²) in [5.41, 5.74) is 0.686. The zero-order valence-corrected chi connectivity index (χ0v) is 15.4. The molecule has 1 aromatic heterocycles. The summed E-state index contributed by atoms with van der Waals surface area (Å²) in [5, 5.41) is 18.8. The Labute approximate surface area is 164 Å². The summed E-state index contributed by atoms with van der Waals surface area (Å²) in [6.07, 6.45) is 1.38. The zero-order valence-electron chi connectivity index (χ0n) is 14.6. The lowest BCUT2D eigenvalue weighted by molar-refractivity contribution is -0.149. The van der Waals surface area contributed by atoms with E-state index in [0.29, 0.717) is 21.4 Å². The van der Waals surface area contributed by atoms with Crippen molar-refractivity contribution in [1.82, 2.24) is 4.90 Å². The van der Waals surface area contributed by atoms with Gasteiger partial charge in [0, 0.05) is 16.2 Å². The van der Waals surface area contributed by atoms with Crippen molar-refractivity contribution in [2.75, 3.05) is 6.54 Å². The number of carbonyl (C=O) groups is 3. The average molecular weight is 397 g/mol. The van der Waals surface area contributed by atoms with E-state index in [1.54, 1.807) is 42.5 Å². The van der Waals surface area contributed by atoms with Crippen molar-refractivity contribution in [3.8, 4) is 17.4 Å². The summed E-state index contributed by atoms with van der Waals surface area (Å²) < 4.78 is 5.72. The number of amides is 2. The van der Waals surface area contributed by atoms with Crippen LogP contribution in [0.5, 0.6) is 0 Å². The molecule has 0 saturated heterocycles. The number of nitriles is 1. The van der Waals surface area contributed by atoms with Gasteiger partial charge in [-0.15, -0.1) is 0 Å². The molecule has 0 atom stereocenters. The van der Waals surface area contributed by atoms with Crippen LogP contribution in [0.3, 0.4) is 0 Å². The van der Waals surface area contributed by atoms with Gasteiger partial charge < -0.3 is 9.52 Å². The van der Waals surface area contributed by atoms with Crippen LogP contribution in [0.15, 0.2) is 57.5 Å². The van der Waals surface area contributed by atoms with E-state index in [9.17, 15) is 19.6 Å². The average Bonchev–Trinajstić information content (AvgIpc) is 3.12. The van der Waals surface area contributed by atoms with Crippen LogP contribution in [0.1, 0.15) is 12.7 Å². The molecule has 2 amide bonds. The van der Waals surface area contributed by atoms with Crippen molar-refractivity contribution in [2.45, 2.75) is 6.92 Å². The van der Waals surface area contributed by atoms with Crippen molar-refractivity contribution >= 4 is 35.5 Å². The van der Waals surface area contributed by atoms with Gasteiger partial charge in [0.1, 0.15) is 29.7 Å². The number of benzene rings is 1. The first kappa shape index (κ1) is 19.1. The van der Waals surface area contributed by atoms with E-state index in [1.165, 1.54) is 13.0 Å². The third kappa shape index (κ3) is 3.59. The zero-order chi connectivity index (χ0) is 20.4. The number of hydrogen-bond donors (Lipinski definition) is 1. The first-order chi connectivity index (χ1) is 13.3. The third-order valence-corrected chi connectivity index (χ3v) is 4.41. The molecule has 140 valence electrons.